The molecule has 2 aromatic rings. The molecule has 1 heterocycles. The van der Waals surface area contributed by atoms with E-state index in [1.54, 1.807) is 31.2 Å². The fourth-order valence-corrected chi connectivity index (χ4v) is 1.96. The minimum Gasteiger partial charge on any atom is -0.490 e. The van der Waals surface area contributed by atoms with Crippen LogP contribution in [0.5, 0.6) is 5.75 Å². The van der Waals surface area contributed by atoms with E-state index < -0.39 is 12.1 Å². The Hall–Kier alpha value is -2.81. The Bertz CT molecular complexity index is 715. The van der Waals surface area contributed by atoms with Crippen LogP contribution < -0.4 is 4.74 Å². The van der Waals surface area contributed by atoms with Gasteiger partial charge in [-0.15, -0.1) is 0 Å². The maximum absolute atomic E-state index is 12.1. The fourth-order valence-electron chi connectivity index (χ4n) is 1.96. The molecular formula is C17H18N2O4. The number of rotatable bonds is 6. The van der Waals surface area contributed by atoms with Crippen LogP contribution in [0.15, 0.2) is 35.1 Å². The van der Waals surface area contributed by atoms with Gasteiger partial charge in [-0.1, -0.05) is 19.9 Å². The van der Waals surface area contributed by atoms with E-state index in [4.69, 9.17) is 19.2 Å². The second-order valence-corrected chi connectivity index (χ2v) is 5.39. The predicted octanol–water partition coefficient (Wildman–Crippen LogP) is 3.29. The lowest BCUT2D eigenvalue weighted by Gasteiger charge is -2.14. The van der Waals surface area contributed by atoms with Crippen LogP contribution in [-0.4, -0.2) is 23.7 Å². The number of hydrogen-bond donors (Lipinski definition) is 0. The number of ether oxygens (including phenoxy) is 2. The molecule has 6 nitrogen and oxygen atoms in total. The van der Waals surface area contributed by atoms with Gasteiger partial charge in [0, 0.05) is 5.92 Å². The van der Waals surface area contributed by atoms with Crippen LogP contribution in [0.1, 0.15) is 48.5 Å². The highest BCUT2D eigenvalue weighted by Gasteiger charge is 2.22. The highest BCUT2D eigenvalue weighted by Crippen LogP contribution is 2.19. The van der Waals surface area contributed by atoms with Crippen LogP contribution in [0, 0.1) is 11.3 Å². The van der Waals surface area contributed by atoms with Crippen molar-refractivity contribution in [1.29, 1.82) is 5.26 Å². The van der Waals surface area contributed by atoms with Gasteiger partial charge in [0.05, 0.1) is 11.6 Å². The first-order chi connectivity index (χ1) is 11.0. The van der Waals surface area contributed by atoms with E-state index in [1.807, 2.05) is 19.9 Å². The summed E-state index contributed by atoms with van der Waals surface area (Å²) < 4.78 is 16.1. The molecule has 0 aliphatic heterocycles. The number of nitrogens with zero attached hydrogens (tertiary/aromatic N) is 2. The molecule has 1 aromatic carbocycles. The summed E-state index contributed by atoms with van der Waals surface area (Å²) in [5, 5.41) is 8.84. The molecule has 0 aliphatic carbocycles. The van der Waals surface area contributed by atoms with E-state index in [9.17, 15) is 4.79 Å². The zero-order valence-electron chi connectivity index (χ0n) is 13.3. The topological polar surface area (TPSA) is 85.3 Å². The van der Waals surface area contributed by atoms with Gasteiger partial charge in [0.1, 0.15) is 24.2 Å². The van der Waals surface area contributed by atoms with Crippen molar-refractivity contribution in [2.45, 2.75) is 32.8 Å². The number of carbonyl (C=O) groups excluding carboxylic acids is 1. The Morgan fingerprint density at radius 3 is 2.87 bits per heavy atom. The SMILES string of the molecule is CC(C)c1ocnc1C(=O)O[C@H](C)COc1cccc(C#N)c1. The maximum Gasteiger partial charge on any atom is 0.361 e. The molecule has 0 spiro atoms. The summed E-state index contributed by atoms with van der Waals surface area (Å²) in [5.74, 6) is 0.561. The monoisotopic (exact) mass is 314 g/mol. The largest absolute Gasteiger partial charge is 0.490 e. The lowest BCUT2D eigenvalue weighted by atomic mass is 10.1. The smallest absolute Gasteiger partial charge is 0.361 e. The molecule has 2 rings (SSSR count). The van der Waals surface area contributed by atoms with E-state index in [-0.39, 0.29) is 18.2 Å². The number of esters is 1. The van der Waals surface area contributed by atoms with Crippen LogP contribution in [0.3, 0.4) is 0 Å². The number of carbonyl (C=O) groups is 1. The number of oxazole rings is 1. The normalized spacial score (nSPS) is 11.8. The van der Waals surface area contributed by atoms with Crippen LogP contribution in [0.4, 0.5) is 0 Å². The molecule has 0 fully saturated rings. The van der Waals surface area contributed by atoms with Gasteiger partial charge in [-0.05, 0) is 25.1 Å². The van der Waals surface area contributed by atoms with Gasteiger partial charge in [0.15, 0.2) is 12.1 Å². The average molecular weight is 314 g/mol. The zero-order valence-corrected chi connectivity index (χ0v) is 13.3. The molecule has 120 valence electrons. The highest BCUT2D eigenvalue weighted by atomic mass is 16.6. The van der Waals surface area contributed by atoms with Gasteiger partial charge < -0.3 is 13.9 Å². The predicted molar refractivity (Wildman–Crippen MR) is 82.1 cm³/mol. The van der Waals surface area contributed by atoms with Crippen LogP contribution in [0.2, 0.25) is 0 Å². The molecule has 0 bridgehead atoms. The minimum atomic E-state index is -0.538. The Labute approximate surface area is 134 Å². The van der Waals surface area contributed by atoms with Crippen molar-refractivity contribution in [1.82, 2.24) is 4.98 Å². The Morgan fingerprint density at radius 2 is 2.17 bits per heavy atom. The van der Waals surface area contributed by atoms with Gasteiger partial charge in [0.2, 0.25) is 0 Å². The number of nitriles is 1. The lowest BCUT2D eigenvalue weighted by molar-refractivity contribution is 0.0220. The molecule has 0 saturated heterocycles. The van der Waals surface area contributed by atoms with E-state index in [2.05, 4.69) is 4.98 Å². The van der Waals surface area contributed by atoms with E-state index in [0.717, 1.165) is 0 Å². The Kier molecular flexibility index (Phi) is 5.36. The van der Waals surface area contributed by atoms with Crippen LogP contribution in [0.25, 0.3) is 0 Å². The first-order valence-corrected chi connectivity index (χ1v) is 7.28. The first kappa shape index (κ1) is 16.6. The van der Waals surface area contributed by atoms with Gasteiger partial charge in [-0.3, -0.25) is 0 Å². The summed E-state index contributed by atoms with van der Waals surface area (Å²) in [6.07, 6.45) is 0.769. The third kappa shape index (κ3) is 4.33. The molecule has 1 aromatic heterocycles. The van der Waals surface area contributed by atoms with Crippen molar-refractivity contribution in [3.63, 3.8) is 0 Å². The molecule has 0 N–H and O–H groups in total. The number of hydrogen-bond acceptors (Lipinski definition) is 6. The van der Waals surface area contributed by atoms with Gasteiger partial charge in [-0.2, -0.15) is 5.26 Å². The van der Waals surface area contributed by atoms with Crippen LogP contribution in [-0.2, 0) is 4.74 Å². The summed E-state index contributed by atoms with van der Waals surface area (Å²) in [6.45, 7) is 5.72. The molecule has 0 unspecified atom stereocenters. The van der Waals surface area contributed by atoms with E-state index in [1.165, 1.54) is 6.39 Å². The quantitative estimate of drug-likeness (QED) is 0.760. The third-order valence-corrected chi connectivity index (χ3v) is 3.07. The number of aromatic nitrogens is 1. The Morgan fingerprint density at radius 1 is 1.39 bits per heavy atom. The van der Waals surface area contributed by atoms with Crippen molar-refractivity contribution in [2.75, 3.05) is 6.61 Å². The standard InChI is InChI=1S/C17H18N2O4/c1-11(2)16-15(19-10-22-16)17(20)23-12(3)9-21-14-6-4-5-13(7-14)8-18/h4-7,10-12H,9H2,1-3H3/t12-/m1/s1. The fraction of sp³-hybridized carbons (Fsp3) is 0.353. The summed E-state index contributed by atoms with van der Waals surface area (Å²) in [4.78, 5) is 16.0. The summed E-state index contributed by atoms with van der Waals surface area (Å²) in [5.41, 5.74) is 0.703. The zero-order chi connectivity index (χ0) is 16.8. The summed E-state index contributed by atoms with van der Waals surface area (Å²) >= 11 is 0. The molecule has 0 radical (unpaired) electrons. The molecule has 6 heteroatoms. The lowest BCUT2D eigenvalue weighted by Crippen LogP contribution is -2.23. The molecular weight excluding hydrogens is 296 g/mol. The molecule has 1 atom stereocenters. The maximum atomic E-state index is 12.1. The molecule has 23 heavy (non-hydrogen) atoms. The molecule has 0 amide bonds. The highest BCUT2D eigenvalue weighted by molar-refractivity contribution is 5.88. The Balaban J connectivity index is 1.91. The average Bonchev–Trinajstić information content (AvgIpc) is 3.03. The van der Waals surface area contributed by atoms with Crippen molar-refractivity contribution in [2.24, 2.45) is 0 Å². The van der Waals surface area contributed by atoms with E-state index in [0.29, 0.717) is 17.1 Å². The van der Waals surface area contributed by atoms with E-state index >= 15 is 0 Å². The van der Waals surface area contributed by atoms with Gasteiger partial charge in [0.25, 0.3) is 0 Å². The second-order valence-electron chi connectivity index (χ2n) is 5.39. The molecule has 0 aliphatic rings. The van der Waals surface area contributed by atoms with Crippen molar-refractivity contribution >= 4 is 5.97 Å². The third-order valence-electron chi connectivity index (χ3n) is 3.07. The van der Waals surface area contributed by atoms with Gasteiger partial charge >= 0.3 is 5.97 Å². The van der Waals surface area contributed by atoms with Crippen molar-refractivity contribution in [3.8, 4) is 11.8 Å². The number of benzene rings is 1. The van der Waals surface area contributed by atoms with Crippen LogP contribution >= 0.6 is 0 Å². The second kappa shape index (κ2) is 7.45. The summed E-state index contributed by atoms with van der Waals surface area (Å²) in [6, 6.07) is 8.83. The summed E-state index contributed by atoms with van der Waals surface area (Å²) in [7, 11) is 0. The van der Waals surface area contributed by atoms with Crippen molar-refractivity contribution in [3.05, 3.63) is 47.7 Å². The minimum absolute atomic E-state index is 0.0420. The first-order valence-electron chi connectivity index (χ1n) is 7.28. The van der Waals surface area contributed by atoms with Crippen molar-refractivity contribution < 1.29 is 18.7 Å². The molecule has 0 saturated carbocycles. The van der Waals surface area contributed by atoms with Gasteiger partial charge in [-0.25, -0.2) is 9.78 Å².